The number of carbonyl (C=O) groups is 1. The van der Waals surface area contributed by atoms with Gasteiger partial charge in [-0.25, -0.2) is 8.42 Å². The smallest absolute Gasteiger partial charge is 0.252 e. The molecule has 2 fully saturated rings. The molecule has 1 atom stereocenters. The van der Waals surface area contributed by atoms with Gasteiger partial charge in [0.2, 0.25) is 5.91 Å². The lowest BCUT2D eigenvalue weighted by molar-refractivity contribution is -0.121. The number of sulfonamides is 1. The first-order valence-corrected chi connectivity index (χ1v) is 11.4. The molecule has 9 heteroatoms. The largest absolute Gasteiger partial charge is 0.356 e. The third-order valence-electron chi connectivity index (χ3n) is 4.83. The zero-order valence-corrected chi connectivity index (χ0v) is 17.4. The number of carbonyl (C=O) groups excluding carboxylic acids is 1. The third-order valence-corrected chi connectivity index (χ3v) is 8.34. The summed E-state index contributed by atoms with van der Waals surface area (Å²) in [6.07, 6.45) is 6.40. The summed E-state index contributed by atoms with van der Waals surface area (Å²) in [5, 5.41) is 6.25. The Bertz CT molecular complexity index is 681. The van der Waals surface area contributed by atoms with Crippen LogP contribution >= 0.6 is 23.7 Å². The van der Waals surface area contributed by atoms with Gasteiger partial charge in [0.25, 0.3) is 10.0 Å². The normalized spacial score (nSPS) is 21.3. The van der Waals surface area contributed by atoms with E-state index in [0.29, 0.717) is 42.7 Å². The highest BCUT2D eigenvalue weighted by molar-refractivity contribution is 7.91. The summed E-state index contributed by atoms with van der Waals surface area (Å²) < 4.78 is 27.3. The molecule has 2 saturated heterocycles. The number of piperidine rings is 1. The predicted octanol–water partition coefficient (Wildman–Crippen LogP) is 2.15. The predicted molar refractivity (Wildman–Crippen MR) is 107 cm³/mol. The highest BCUT2D eigenvalue weighted by Crippen LogP contribution is 2.27. The first kappa shape index (κ1) is 21.6. The van der Waals surface area contributed by atoms with Crippen LogP contribution in [0.3, 0.4) is 0 Å². The average Bonchev–Trinajstić information content (AvgIpc) is 3.28. The van der Waals surface area contributed by atoms with Crippen molar-refractivity contribution in [2.75, 3.05) is 26.2 Å². The molecule has 26 heavy (non-hydrogen) atoms. The van der Waals surface area contributed by atoms with Crippen molar-refractivity contribution < 1.29 is 13.2 Å². The van der Waals surface area contributed by atoms with Crippen LogP contribution in [0.25, 0.3) is 0 Å². The molecule has 2 N–H and O–H groups in total. The fourth-order valence-corrected chi connectivity index (χ4v) is 6.44. The van der Waals surface area contributed by atoms with Crippen LogP contribution in [0.4, 0.5) is 0 Å². The minimum Gasteiger partial charge on any atom is -0.356 e. The van der Waals surface area contributed by atoms with Gasteiger partial charge in [0.05, 0.1) is 0 Å². The molecule has 1 aromatic heterocycles. The van der Waals surface area contributed by atoms with Crippen LogP contribution in [0.15, 0.2) is 16.3 Å². The molecule has 6 nitrogen and oxygen atoms in total. The Hall–Kier alpha value is -0.670. The quantitative estimate of drug-likeness (QED) is 0.707. The molecule has 2 aliphatic heterocycles. The second-order valence-electron chi connectivity index (χ2n) is 6.78. The van der Waals surface area contributed by atoms with E-state index in [9.17, 15) is 13.2 Å². The van der Waals surface area contributed by atoms with Crippen molar-refractivity contribution in [2.45, 2.75) is 55.2 Å². The zero-order valence-electron chi connectivity index (χ0n) is 14.9. The number of hydrogen-bond donors (Lipinski definition) is 2. The van der Waals surface area contributed by atoms with E-state index in [4.69, 9.17) is 0 Å². The van der Waals surface area contributed by atoms with Gasteiger partial charge in [-0.2, -0.15) is 4.31 Å². The average molecular weight is 422 g/mol. The van der Waals surface area contributed by atoms with E-state index in [1.807, 2.05) is 6.07 Å². The van der Waals surface area contributed by atoms with Crippen molar-refractivity contribution >= 4 is 39.7 Å². The van der Waals surface area contributed by atoms with Crippen molar-refractivity contribution in [3.8, 4) is 0 Å². The van der Waals surface area contributed by atoms with Crippen LogP contribution in [0.2, 0.25) is 0 Å². The zero-order chi connectivity index (χ0) is 17.7. The van der Waals surface area contributed by atoms with Gasteiger partial charge in [-0.3, -0.25) is 4.79 Å². The van der Waals surface area contributed by atoms with Crippen LogP contribution in [-0.4, -0.2) is 50.9 Å². The molecule has 0 radical (unpaired) electrons. The molecular weight excluding hydrogens is 394 g/mol. The standard InChI is InChI=1S/C17H27N3O3S2.ClH/c21-16(13-14-5-4-9-18-14)19-10-8-15-6-7-17(24-15)25(22,23)20-11-2-1-3-12-20;/h6-7,14,18H,1-5,8-13H2,(H,19,21);1H. The number of halogens is 1. The summed E-state index contributed by atoms with van der Waals surface area (Å²) in [6, 6.07) is 3.88. The number of nitrogens with zero attached hydrogens (tertiary/aromatic N) is 1. The second-order valence-corrected chi connectivity index (χ2v) is 10.1. The molecule has 148 valence electrons. The van der Waals surface area contributed by atoms with Crippen LogP contribution < -0.4 is 10.6 Å². The minimum atomic E-state index is -3.34. The molecule has 0 spiro atoms. The van der Waals surface area contributed by atoms with Crippen molar-refractivity contribution in [3.63, 3.8) is 0 Å². The molecule has 1 amide bonds. The fraction of sp³-hybridized carbons (Fsp3) is 0.706. The van der Waals surface area contributed by atoms with Gasteiger partial charge >= 0.3 is 0 Å². The first-order valence-electron chi connectivity index (χ1n) is 9.14. The van der Waals surface area contributed by atoms with Gasteiger partial charge in [0.1, 0.15) is 4.21 Å². The Morgan fingerprint density at radius 2 is 2.00 bits per heavy atom. The number of nitrogens with one attached hydrogen (secondary N) is 2. The van der Waals surface area contributed by atoms with Crippen molar-refractivity contribution in [1.82, 2.24) is 14.9 Å². The first-order chi connectivity index (χ1) is 12.1. The summed E-state index contributed by atoms with van der Waals surface area (Å²) in [7, 11) is -3.34. The minimum absolute atomic E-state index is 0. The van der Waals surface area contributed by atoms with E-state index >= 15 is 0 Å². The summed E-state index contributed by atoms with van der Waals surface area (Å²) in [5.74, 6) is 0.0668. The maximum atomic E-state index is 12.6. The molecule has 3 heterocycles. The maximum absolute atomic E-state index is 12.6. The van der Waals surface area contributed by atoms with E-state index in [0.717, 1.165) is 43.5 Å². The Balaban J connectivity index is 0.00000243. The third kappa shape index (κ3) is 5.66. The molecule has 0 saturated carbocycles. The summed E-state index contributed by atoms with van der Waals surface area (Å²) in [4.78, 5) is 12.9. The SMILES string of the molecule is Cl.O=C(CC1CCCN1)NCCc1ccc(S(=O)(=O)N2CCCCC2)s1. The van der Waals surface area contributed by atoms with Gasteiger partial charge < -0.3 is 10.6 Å². The van der Waals surface area contributed by atoms with E-state index in [2.05, 4.69) is 10.6 Å². The topological polar surface area (TPSA) is 78.5 Å². The van der Waals surface area contributed by atoms with Crippen LogP contribution in [-0.2, 0) is 21.2 Å². The number of rotatable bonds is 7. The Morgan fingerprint density at radius 1 is 1.23 bits per heavy atom. The molecule has 0 aliphatic carbocycles. The number of hydrogen-bond acceptors (Lipinski definition) is 5. The van der Waals surface area contributed by atoms with Gasteiger partial charge in [-0.1, -0.05) is 6.42 Å². The van der Waals surface area contributed by atoms with Crippen LogP contribution in [0.1, 0.15) is 43.4 Å². The molecule has 1 unspecified atom stereocenters. The van der Waals surface area contributed by atoms with Gasteiger partial charge in [-0.05, 0) is 50.8 Å². The Labute approximate surface area is 166 Å². The molecule has 1 aromatic rings. The summed E-state index contributed by atoms with van der Waals surface area (Å²) >= 11 is 1.32. The van der Waals surface area contributed by atoms with Crippen LogP contribution in [0.5, 0.6) is 0 Å². The van der Waals surface area contributed by atoms with Crippen LogP contribution in [0, 0.1) is 0 Å². The second kappa shape index (κ2) is 10.0. The number of thiophene rings is 1. The number of amides is 1. The van der Waals surface area contributed by atoms with E-state index in [1.54, 1.807) is 10.4 Å². The molecule has 3 rings (SSSR count). The lowest BCUT2D eigenvalue weighted by atomic mass is 10.1. The fourth-order valence-electron chi connectivity index (χ4n) is 3.42. The van der Waals surface area contributed by atoms with E-state index in [-0.39, 0.29) is 18.3 Å². The Kier molecular flexibility index (Phi) is 8.35. The molecule has 0 aromatic carbocycles. The summed E-state index contributed by atoms with van der Waals surface area (Å²) in [6.45, 7) is 2.80. The summed E-state index contributed by atoms with van der Waals surface area (Å²) in [5.41, 5.74) is 0. The van der Waals surface area contributed by atoms with E-state index in [1.165, 1.54) is 11.3 Å². The van der Waals surface area contributed by atoms with E-state index < -0.39 is 10.0 Å². The van der Waals surface area contributed by atoms with Gasteiger partial charge in [0, 0.05) is 37.0 Å². The molecular formula is C17H28ClN3O3S2. The van der Waals surface area contributed by atoms with Crippen molar-refractivity contribution in [3.05, 3.63) is 17.0 Å². The van der Waals surface area contributed by atoms with Crippen molar-refractivity contribution in [1.29, 1.82) is 0 Å². The monoisotopic (exact) mass is 421 g/mol. The highest BCUT2D eigenvalue weighted by Gasteiger charge is 2.27. The highest BCUT2D eigenvalue weighted by atomic mass is 35.5. The van der Waals surface area contributed by atoms with Gasteiger partial charge in [-0.15, -0.1) is 23.7 Å². The lowest BCUT2D eigenvalue weighted by Crippen LogP contribution is -2.35. The van der Waals surface area contributed by atoms with Crippen molar-refractivity contribution in [2.24, 2.45) is 0 Å². The lowest BCUT2D eigenvalue weighted by Gasteiger charge is -2.25. The molecule has 0 bridgehead atoms. The molecule has 2 aliphatic rings. The Morgan fingerprint density at radius 3 is 2.69 bits per heavy atom. The van der Waals surface area contributed by atoms with Gasteiger partial charge in [0.15, 0.2) is 0 Å². The maximum Gasteiger partial charge on any atom is 0.252 e.